The molecule has 7 heteroatoms. The number of amides is 2. The molecule has 1 fully saturated rings. The molecule has 27 heavy (non-hydrogen) atoms. The van der Waals surface area contributed by atoms with Gasteiger partial charge in [-0.15, -0.1) is 0 Å². The molecular formula is C20H31BrN4O2. The highest BCUT2D eigenvalue weighted by molar-refractivity contribution is 9.10. The molecule has 1 aliphatic rings. The molecule has 6 nitrogen and oxygen atoms in total. The number of carbonyl (C=O) groups excluding carboxylic acids is 2. The molecule has 0 spiro atoms. The Labute approximate surface area is 170 Å². The smallest absolute Gasteiger partial charge is 0.222 e. The lowest BCUT2D eigenvalue weighted by molar-refractivity contribution is -0.122. The summed E-state index contributed by atoms with van der Waals surface area (Å²) in [6, 6.07) is 7.38. The molecule has 0 radical (unpaired) electrons. The van der Waals surface area contributed by atoms with E-state index in [1.807, 2.05) is 24.3 Å². The predicted molar refractivity (Wildman–Crippen MR) is 111 cm³/mol. The maximum absolute atomic E-state index is 12.3. The number of nitrogens with zero attached hydrogens (tertiary/aromatic N) is 2. The molecule has 2 amide bonds. The van der Waals surface area contributed by atoms with Crippen LogP contribution in [-0.4, -0.2) is 67.4 Å². The third kappa shape index (κ3) is 7.99. The maximum atomic E-state index is 12.3. The number of carbonyl (C=O) groups is 2. The number of hydrogen-bond donors (Lipinski definition) is 2. The zero-order valence-electron chi connectivity index (χ0n) is 16.3. The van der Waals surface area contributed by atoms with Gasteiger partial charge in [-0.2, -0.15) is 0 Å². The molecule has 1 heterocycles. The summed E-state index contributed by atoms with van der Waals surface area (Å²) in [7, 11) is 0. The van der Waals surface area contributed by atoms with E-state index in [0.717, 1.165) is 55.7 Å². The third-order valence-corrected chi connectivity index (χ3v) is 5.45. The van der Waals surface area contributed by atoms with Crippen LogP contribution in [0.15, 0.2) is 28.7 Å². The number of piperazine rings is 1. The molecule has 150 valence electrons. The van der Waals surface area contributed by atoms with Gasteiger partial charge in [-0.05, 0) is 37.2 Å². The second-order valence-electron chi connectivity index (χ2n) is 6.99. The summed E-state index contributed by atoms with van der Waals surface area (Å²) in [5.41, 5.74) is 0.928. The number of halogens is 1. The van der Waals surface area contributed by atoms with Crippen molar-refractivity contribution in [2.75, 3.05) is 45.8 Å². The lowest BCUT2D eigenvalue weighted by Crippen LogP contribution is -2.46. The normalized spacial score (nSPS) is 16.7. The van der Waals surface area contributed by atoms with Crippen molar-refractivity contribution in [3.05, 3.63) is 34.3 Å². The lowest BCUT2D eigenvalue weighted by atomic mass is 10.0. The largest absolute Gasteiger partial charge is 0.356 e. The van der Waals surface area contributed by atoms with Gasteiger partial charge in [-0.25, -0.2) is 0 Å². The Bertz CT molecular complexity index is 601. The topological polar surface area (TPSA) is 64.7 Å². The van der Waals surface area contributed by atoms with Crippen LogP contribution < -0.4 is 10.6 Å². The highest BCUT2D eigenvalue weighted by Gasteiger charge is 2.18. The standard InChI is InChI=1S/C20H31BrN4O2/c1-3-24-11-13-25(14-12-24)10-4-9-22-20(27)15-19(23-16(2)26)17-5-7-18(21)8-6-17/h5-8,19H,3-4,9-15H2,1-2H3,(H,22,27)(H,23,26). The summed E-state index contributed by atoms with van der Waals surface area (Å²) in [5.74, 6) is -0.172. The summed E-state index contributed by atoms with van der Waals surface area (Å²) in [6.07, 6.45) is 1.19. The molecule has 1 aliphatic heterocycles. The van der Waals surface area contributed by atoms with Crippen LogP contribution in [-0.2, 0) is 9.59 Å². The van der Waals surface area contributed by atoms with Gasteiger partial charge in [-0.1, -0.05) is 35.0 Å². The zero-order valence-corrected chi connectivity index (χ0v) is 17.9. The fraction of sp³-hybridized carbons (Fsp3) is 0.600. The average Bonchev–Trinajstić information content (AvgIpc) is 2.65. The van der Waals surface area contributed by atoms with Crippen molar-refractivity contribution in [3.8, 4) is 0 Å². The lowest BCUT2D eigenvalue weighted by Gasteiger charge is -2.34. The fourth-order valence-corrected chi connectivity index (χ4v) is 3.57. The van der Waals surface area contributed by atoms with Crippen LogP contribution in [0.5, 0.6) is 0 Å². The third-order valence-electron chi connectivity index (χ3n) is 4.92. The average molecular weight is 439 g/mol. The molecule has 2 rings (SSSR count). The number of benzene rings is 1. The van der Waals surface area contributed by atoms with Crippen LogP contribution in [0.2, 0.25) is 0 Å². The van der Waals surface area contributed by atoms with Crippen molar-refractivity contribution >= 4 is 27.7 Å². The summed E-state index contributed by atoms with van der Waals surface area (Å²) in [4.78, 5) is 28.7. The van der Waals surface area contributed by atoms with Gasteiger partial charge in [0, 0.05) is 44.1 Å². The molecule has 0 aromatic heterocycles. The van der Waals surface area contributed by atoms with E-state index >= 15 is 0 Å². The van der Waals surface area contributed by atoms with Gasteiger partial charge in [0.2, 0.25) is 11.8 Å². The first-order valence-corrected chi connectivity index (χ1v) is 10.5. The molecule has 0 saturated carbocycles. The van der Waals surface area contributed by atoms with Gasteiger partial charge < -0.3 is 20.4 Å². The summed E-state index contributed by atoms with van der Waals surface area (Å²) in [6.45, 7) is 11.0. The first kappa shape index (κ1) is 21.9. The minimum absolute atomic E-state index is 0.0347. The number of hydrogen-bond acceptors (Lipinski definition) is 4. The monoisotopic (exact) mass is 438 g/mol. The van der Waals surface area contributed by atoms with Crippen LogP contribution in [0.4, 0.5) is 0 Å². The molecule has 1 aromatic carbocycles. The number of rotatable bonds is 9. The van der Waals surface area contributed by atoms with Crippen molar-refractivity contribution in [3.63, 3.8) is 0 Å². The van der Waals surface area contributed by atoms with Crippen molar-refractivity contribution in [1.29, 1.82) is 0 Å². The Hall–Kier alpha value is -1.44. The van der Waals surface area contributed by atoms with Gasteiger partial charge in [0.1, 0.15) is 0 Å². The first-order chi connectivity index (χ1) is 13.0. The molecule has 0 aliphatic carbocycles. The Kier molecular flexibility index (Phi) is 9.24. The Morgan fingerprint density at radius 2 is 1.74 bits per heavy atom. The van der Waals surface area contributed by atoms with Gasteiger partial charge in [0.15, 0.2) is 0 Å². The maximum Gasteiger partial charge on any atom is 0.222 e. The Morgan fingerprint density at radius 1 is 1.11 bits per heavy atom. The van der Waals surface area contributed by atoms with E-state index in [0.29, 0.717) is 6.54 Å². The minimum atomic E-state index is -0.308. The van der Waals surface area contributed by atoms with E-state index in [9.17, 15) is 9.59 Å². The first-order valence-electron chi connectivity index (χ1n) is 9.72. The van der Waals surface area contributed by atoms with E-state index < -0.39 is 0 Å². The predicted octanol–water partition coefficient (Wildman–Crippen LogP) is 2.16. The number of nitrogens with one attached hydrogen (secondary N) is 2. The zero-order chi connectivity index (χ0) is 19.6. The molecular weight excluding hydrogens is 408 g/mol. The van der Waals surface area contributed by atoms with Crippen molar-refractivity contribution in [1.82, 2.24) is 20.4 Å². The van der Waals surface area contributed by atoms with E-state index in [1.165, 1.54) is 6.92 Å². The number of likely N-dealkylation sites (N-methyl/N-ethyl adjacent to an activating group) is 1. The SMILES string of the molecule is CCN1CCN(CCCNC(=O)CC(NC(C)=O)c2ccc(Br)cc2)CC1. The molecule has 1 aromatic rings. The van der Waals surface area contributed by atoms with Crippen LogP contribution in [0.3, 0.4) is 0 Å². The highest BCUT2D eigenvalue weighted by Crippen LogP contribution is 2.19. The molecule has 1 atom stereocenters. The Balaban J connectivity index is 1.72. The summed E-state index contributed by atoms with van der Waals surface area (Å²) >= 11 is 3.41. The summed E-state index contributed by atoms with van der Waals surface area (Å²) < 4.78 is 0.969. The summed E-state index contributed by atoms with van der Waals surface area (Å²) in [5, 5.41) is 5.86. The van der Waals surface area contributed by atoms with Gasteiger partial charge in [0.05, 0.1) is 12.5 Å². The van der Waals surface area contributed by atoms with Gasteiger partial charge >= 0.3 is 0 Å². The van der Waals surface area contributed by atoms with Crippen LogP contribution in [0, 0.1) is 0 Å². The highest BCUT2D eigenvalue weighted by atomic mass is 79.9. The van der Waals surface area contributed by atoms with E-state index in [-0.39, 0.29) is 24.3 Å². The van der Waals surface area contributed by atoms with Crippen LogP contribution in [0.25, 0.3) is 0 Å². The van der Waals surface area contributed by atoms with Crippen LogP contribution >= 0.6 is 15.9 Å². The molecule has 2 N–H and O–H groups in total. The second-order valence-corrected chi connectivity index (χ2v) is 7.90. The van der Waals surface area contributed by atoms with Crippen molar-refractivity contribution in [2.24, 2.45) is 0 Å². The minimum Gasteiger partial charge on any atom is -0.356 e. The van der Waals surface area contributed by atoms with Gasteiger partial charge in [0.25, 0.3) is 0 Å². The van der Waals surface area contributed by atoms with Crippen molar-refractivity contribution < 1.29 is 9.59 Å². The quantitative estimate of drug-likeness (QED) is 0.579. The van der Waals surface area contributed by atoms with E-state index in [1.54, 1.807) is 0 Å². The van der Waals surface area contributed by atoms with E-state index in [2.05, 4.69) is 43.3 Å². The van der Waals surface area contributed by atoms with Crippen molar-refractivity contribution in [2.45, 2.75) is 32.7 Å². The molecule has 1 unspecified atom stereocenters. The fourth-order valence-electron chi connectivity index (χ4n) is 3.31. The molecule has 0 bridgehead atoms. The van der Waals surface area contributed by atoms with E-state index in [4.69, 9.17) is 0 Å². The second kappa shape index (κ2) is 11.4. The Morgan fingerprint density at radius 3 is 2.33 bits per heavy atom. The van der Waals surface area contributed by atoms with Crippen LogP contribution in [0.1, 0.15) is 38.3 Å². The molecule has 1 saturated heterocycles. The van der Waals surface area contributed by atoms with Gasteiger partial charge in [-0.3, -0.25) is 9.59 Å².